The first-order valence-electron chi connectivity index (χ1n) is 10.8. The average molecular weight is 452 g/mol. The molecule has 2 aromatic carbocycles. The molecule has 0 aliphatic rings. The Labute approximate surface area is 193 Å². The summed E-state index contributed by atoms with van der Waals surface area (Å²) in [5.41, 5.74) is 2.66. The Balaban J connectivity index is 1.35. The Kier molecular flexibility index (Phi) is 8.88. The standard InChI is InChI=1S/C25H29N3O5/c1-31-22-7-3-5-19(15-22)9-11-24(29)27-21-17-26-28(18-21)13-14-33-25(30)12-10-20-6-4-8-23(16-20)32-2/h3-8,15-18H,9-14H2,1-2H3,(H,27,29). The first-order valence-corrected chi connectivity index (χ1v) is 10.8. The molecule has 0 radical (unpaired) electrons. The van der Waals surface area contributed by atoms with Crippen molar-refractivity contribution in [2.75, 3.05) is 26.1 Å². The molecule has 1 N–H and O–H groups in total. The minimum absolute atomic E-state index is 0.0960. The van der Waals surface area contributed by atoms with Gasteiger partial charge in [0.05, 0.1) is 32.6 Å². The normalized spacial score (nSPS) is 10.5. The molecule has 0 aliphatic heterocycles. The lowest BCUT2D eigenvalue weighted by Crippen LogP contribution is -2.13. The predicted octanol–water partition coefficient (Wildman–Crippen LogP) is 3.65. The summed E-state index contributed by atoms with van der Waals surface area (Å²) in [4.78, 5) is 24.2. The van der Waals surface area contributed by atoms with Crippen molar-refractivity contribution in [2.45, 2.75) is 32.2 Å². The summed E-state index contributed by atoms with van der Waals surface area (Å²) in [5, 5.41) is 7.04. The maximum absolute atomic E-state index is 12.2. The maximum Gasteiger partial charge on any atom is 0.306 e. The van der Waals surface area contributed by atoms with Gasteiger partial charge in [-0.2, -0.15) is 5.10 Å². The maximum atomic E-state index is 12.2. The van der Waals surface area contributed by atoms with Gasteiger partial charge in [0.1, 0.15) is 18.1 Å². The van der Waals surface area contributed by atoms with Gasteiger partial charge in [0.15, 0.2) is 0 Å². The van der Waals surface area contributed by atoms with Gasteiger partial charge in [-0.15, -0.1) is 0 Å². The number of carbonyl (C=O) groups excluding carboxylic acids is 2. The number of aryl methyl sites for hydroxylation is 2. The summed E-state index contributed by atoms with van der Waals surface area (Å²) in [7, 11) is 3.23. The van der Waals surface area contributed by atoms with Gasteiger partial charge in [-0.1, -0.05) is 24.3 Å². The second-order valence-electron chi connectivity index (χ2n) is 7.46. The van der Waals surface area contributed by atoms with Crippen molar-refractivity contribution in [1.82, 2.24) is 9.78 Å². The molecule has 0 saturated heterocycles. The fraction of sp³-hybridized carbons (Fsp3) is 0.320. The SMILES string of the molecule is COc1cccc(CCC(=O)Nc2cnn(CCOC(=O)CCc3cccc(OC)c3)c2)c1. The summed E-state index contributed by atoms with van der Waals surface area (Å²) >= 11 is 0. The van der Waals surface area contributed by atoms with Gasteiger partial charge >= 0.3 is 5.97 Å². The summed E-state index contributed by atoms with van der Waals surface area (Å²) < 4.78 is 17.3. The van der Waals surface area contributed by atoms with Crippen LogP contribution in [0.25, 0.3) is 0 Å². The third-order valence-corrected chi connectivity index (χ3v) is 5.03. The Hall–Kier alpha value is -3.81. The van der Waals surface area contributed by atoms with Crippen LogP contribution in [0.2, 0.25) is 0 Å². The lowest BCUT2D eigenvalue weighted by atomic mass is 10.1. The fourth-order valence-electron chi connectivity index (χ4n) is 3.26. The summed E-state index contributed by atoms with van der Waals surface area (Å²) in [6.07, 6.45) is 5.14. The highest BCUT2D eigenvalue weighted by atomic mass is 16.5. The molecular weight excluding hydrogens is 422 g/mol. The minimum Gasteiger partial charge on any atom is -0.497 e. The van der Waals surface area contributed by atoms with E-state index in [4.69, 9.17) is 14.2 Å². The number of hydrogen-bond donors (Lipinski definition) is 1. The number of nitrogens with one attached hydrogen (secondary N) is 1. The van der Waals surface area contributed by atoms with Crippen LogP contribution in [-0.4, -0.2) is 42.5 Å². The second kappa shape index (κ2) is 12.3. The number of carbonyl (C=O) groups is 2. The highest BCUT2D eigenvalue weighted by molar-refractivity contribution is 5.90. The number of methoxy groups -OCH3 is 2. The zero-order chi connectivity index (χ0) is 23.5. The molecule has 0 unspecified atom stereocenters. The van der Waals surface area contributed by atoms with E-state index in [0.717, 1.165) is 22.6 Å². The first-order chi connectivity index (χ1) is 16.1. The quantitative estimate of drug-likeness (QED) is 0.423. The van der Waals surface area contributed by atoms with E-state index < -0.39 is 0 Å². The topological polar surface area (TPSA) is 91.7 Å². The van der Waals surface area contributed by atoms with Crippen molar-refractivity contribution in [3.63, 3.8) is 0 Å². The first kappa shape index (κ1) is 23.8. The lowest BCUT2D eigenvalue weighted by molar-refractivity contribution is -0.143. The number of nitrogens with zero attached hydrogens (tertiary/aromatic N) is 2. The van der Waals surface area contributed by atoms with E-state index >= 15 is 0 Å². The van der Waals surface area contributed by atoms with Gasteiger partial charge in [0, 0.05) is 19.0 Å². The van der Waals surface area contributed by atoms with Gasteiger partial charge in [0.25, 0.3) is 0 Å². The van der Waals surface area contributed by atoms with Crippen LogP contribution in [0.5, 0.6) is 11.5 Å². The number of amides is 1. The molecule has 8 nitrogen and oxygen atoms in total. The van der Waals surface area contributed by atoms with Gasteiger partial charge in [-0.3, -0.25) is 14.3 Å². The molecule has 0 saturated carbocycles. The van der Waals surface area contributed by atoms with Crippen molar-refractivity contribution >= 4 is 17.6 Å². The Morgan fingerprint density at radius 1 is 0.939 bits per heavy atom. The molecule has 0 atom stereocenters. The molecule has 1 aromatic heterocycles. The van der Waals surface area contributed by atoms with E-state index in [1.165, 1.54) is 0 Å². The van der Waals surface area contributed by atoms with E-state index in [9.17, 15) is 9.59 Å². The number of hydrogen-bond acceptors (Lipinski definition) is 6. The van der Waals surface area contributed by atoms with Crippen LogP contribution in [0.15, 0.2) is 60.9 Å². The van der Waals surface area contributed by atoms with Gasteiger partial charge in [0.2, 0.25) is 5.91 Å². The molecular formula is C25H29N3O5. The second-order valence-corrected chi connectivity index (χ2v) is 7.46. The van der Waals surface area contributed by atoms with Gasteiger partial charge in [-0.05, 0) is 48.2 Å². The van der Waals surface area contributed by atoms with Crippen molar-refractivity contribution in [1.29, 1.82) is 0 Å². The monoisotopic (exact) mass is 451 g/mol. The Morgan fingerprint density at radius 2 is 1.58 bits per heavy atom. The molecule has 0 fully saturated rings. The van der Waals surface area contributed by atoms with Crippen LogP contribution in [-0.2, 0) is 33.7 Å². The van der Waals surface area contributed by atoms with Crippen LogP contribution in [0.1, 0.15) is 24.0 Å². The molecule has 0 bridgehead atoms. The highest BCUT2D eigenvalue weighted by Gasteiger charge is 2.08. The van der Waals surface area contributed by atoms with Crippen LogP contribution in [0, 0.1) is 0 Å². The van der Waals surface area contributed by atoms with E-state index in [1.54, 1.807) is 31.3 Å². The molecule has 0 spiro atoms. The molecule has 1 heterocycles. The van der Waals surface area contributed by atoms with Crippen molar-refractivity contribution < 1.29 is 23.8 Å². The lowest BCUT2D eigenvalue weighted by Gasteiger charge is -2.06. The summed E-state index contributed by atoms with van der Waals surface area (Å²) in [6, 6.07) is 15.3. The number of esters is 1. The molecule has 0 aliphatic carbocycles. The number of benzene rings is 2. The minimum atomic E-state index is -0.268. The van der Waals surface area contributed by atoms with Gasteiger partial charge in [-0.25, -0.2) is 0 Å². The third-order valence-electron chi connectivity index (χ3n) is 5.03. The Bertz CT molecular complexity index is 1060. The molecule has 8 heteroatoms. The third kappa shape index (κ3) is 7.99. The predicted molar refractivity (Wildman–Crippen MR) is 124 cm³/mol. The molecule has 33 heavy (non-hydrogen) atoms. The van der Waals surface area contributed by atoms with E-state index in [1.807, 2.05) is 48.5 Å². The van der Waals surface area contributed by atoms with Crippen LogP contribution in [0.3, 0.4) is 0 Å². The van der Waals surface area contributed by atoms with Crippen LogP contribution >= 0.6 is 0 Å². The number of aromatic nitrogens is 2. The number of anilines is 1. The number of ether oxygens (including phenoxy) is 3. The van der Waals surface area contributed by atoms with Crippen LogP contribution in [0.4, 0.5) is 5.69 Å². The molecule has 1 amide bonds. The smallest absolute Gasteiger partial charge is 0.306 e. The van der Waals surface area contributed by atoms with Crippen molar-refractivity contribution in [3.05, 3.63) is 72.1 Å². The highest BCUT2D eigenvalue weighted by Crippen LogP contribution is 2.15. The van der Waals surface area contributed by atoms with Gasteiger partial charge < -0.3 is 19.5 Å². The van der Waals surface area contributed by atoms with Crippen molar-refractivity contribution in [3.8, 4) is 11.5 Å². The van der Waals surface area contributed by atoms with E-state index in [2.05, 4.69) is 10.4 Å². The number of rotatable bonds is 12. The fourth-order valence-corrected chi connectivity index (χ4v) is 3.26. The Morgan fingerprint density at radius 3 is 2.21 bits per heavy atom. The largest absolute Gasteiger partial charge is 0.497 e. The summed E-state index contributed by atoms with van der Waals surface area (Å²) in [6.45, 7) is 0.617. The van der Waals surface area contributed by atoms with Crippen LogP contribution < -0.4 is 14.8 Å². The molecule has 3 rings (SSSR count). The van der Waals surface area contributed by atoms with E-state index in [0.29, 0.717) is 37.9 Å². The zero-order valence-corrected chi connectivity index (χ0v) is 19.0. The van der Waals surface area contributed by atoms with Crippen molar-refractivity contribution in [2.24, 2.45) is 0 Å². The molecule has 174 valence electrons. The zero-order valence-electron chi connectivity index (χ0n) is 19.0. The average Bonchev–Trinajstić information content (AvgIpc) is 3.28. The van der Waals surface area contributed by atoms with E-state index in [-0.39, 0.29) is 18.5 Å². The summed E-state index contributed by atoms with van der Waals surface area (Å²) in [5.74, 6) is 1.18. The molecule has 3 aromatic rings.